The first-order valence-electron chi connectivity index (χ1n) is 6.78. The minimum absolute atomic E-state index is 0.0721. The number of hydrogen-bond donors (Lipinski definition) is 1. The minimum Gasteiger partial charge on any atom is -0.350 e. The van der Waals surface area contributed by atoms with E-state index in [4.69, 9.17) is 0 Å². The van der Waals surface area contributed by atoms with Gasteiger partial charge in [0.15, 0.2) is 5.69 Å². The Kier molecular flexibility index (Phi) is 4.88. The van der Waals surface area contributed by atoms with Crippen LogP contribution >= 0.6 is 0 Å². The number of nitrogens with one attached hydrogen (secondary N) is 1. The fourth-order valence-electron chi connectivity index (χ4n) is 1.81. The largest absolute Gasteiger partial charge is 0.350 e. The summed E-state index contributed by atoms with van der Waals surface area (Å²) in [6.45, 7) is 0.225. The first-order valence-corrected chi connectivity index (χ1v) is 6.78. The fourth-order valence-corrected chi connectivity index (χ4v) is 1.81. The number of halogens is 1. The predicted molar refractivity (Wildman–Crippen MR) is 79.2 cm³/mol. The molecular weight excluding hydrogens is 287 g/mol. The second-order valence-electron chi connectivity index (χ2n) is 4.89. The third-order valence-electron chi connectivity index (χ3n) is 3.04. The maximum atomic E-state index is 13.6. The van der Waals surface area contributed by atoms with Crippen molar-refractivity contribution in [2.45, 2.75) is 6.42 Å². The highest BCUT2D eigenvalue weighted by Gasteiger charge is 2.12. The highest BCUT2D eigenvalue weighted by atomic mass is 19.1. The summed E-state index contributed by atoms with van der Waals surface area (Å²) in [4.78, 5) is 24.8. The van der Waals surface area contributed by atoms with Crippen LogP contribution in [-0.2, 0) is 4.79 Å². The van der Waals surface area contributed by atoms with Gasteiger partial charge >= 0.3 is 0 Å². The Morgan fingerprint density at radius 1 is 1.27 bits per heavy atom. The van der Waals surface area contributed by atoms with Crippen molar-refractivity contribution in [2.24, 2.45) is 0 Å². The highest BCUT2D eigenvalue weighted by Crippen LogP contribution is 2.12. The van der Waals surface area contributed by atoms with Crippen molar-refractivity contribution in [2.75, 3.05) is 20.6 Å². The second-order valence-corrected chi connectivity index (χ2v) is 4.89. The Morgan fingerprint density at radius 2 is 2.00 bits per heavy atom. The smallest absolute Gasteiger partial charge is 0.271 e. The van der Waals surface area contributed by atoms with Crippen LogP contribution in [0.25, 0.3) is 5.69 Å². The Morgan fingerprint density at radius 3 is 2.68 bits per heavy atom. The number of aromatic nitrogens is 2. The van der Waals surface area contributed by atoms with Crippen molar-refractivity contribution in [1.82, 2.24) is 20.0 Å². The summed E-state index contributed by atoms with van der Waals surface area (Å²) in [6.07, 6.45) is 1.73. The van der Waals surface area contributed by atoms with Crippen LogP contribution in [0.1, 0.15) is 16.9 Å². The molecule has 6 nitrogen and oxygen atoms in total. The molecule has 0 atom stereocenters. The summed E-state index contributed by atoms with van der Waals surface area (Å²) in [5.41, 5.74) is 0.435. The van der Waals surface area contributed by atoms with Gasteiger partial charge in [-0.05, 0) is 18.2 Å². The molecule has 1 N–H and O–H groups in total. The number of nitrogens with zero attached hydrogens (tertiary/aromatic N) is 3. The lowest BCUT2D eigenvalue weighted by molar-refractivity contribution is -0.128. The van der Waals surface area contributed by atoms with Gasteiger partial charge in [-0.3, -0.25) is 9.59 Å². The van der Waals surface area contributed by atoms with Crippen molar-refractivity contribution in [1.29, 1.82) is 0 Å². The average molecular weight is 304 g/mol. The quantitative estimate of drug-likeness (QED) is 0.903. The van der Waals surface area contributed by atoms with E-state index in [0.717, 1.165) is 0 Å². The van der Waals surface area contributed by atoms with E-state index in [2.05, 4.69) is 10.4 Å². The van der Waals surface area contributed by atoms with E-state index in [1.165, 1.54) is 27.9 Å². The van der Waals surface area contributed by atoms with E-state index in [0.29, 0.717) is 0 Å². The van der Waals surface area contributed by atoms with Gasteiger partial charge in [-0.2, -0.15) is 5.10 Å². The summed E-state index contributed by atoms with van der Waals surface area (Å²) in [5.74, 6) is -0.895. The molecule has 22 heavy (non-hydrogen) atoms. The summed E-state index contributed by atoms with van der Waals surface area (Å²) in [6, 6.07) is 7.66. The Hall–Kier alpha value is -2.70. The average Bonchev–Trinajstić information content (AvgIpc) is 2.97. The number of para-hydroxylation sites is 1. The summed E-state index contributed by atoms with van der Waals surface area (Å²) in [7, 11) is 3.31. The molecule has 0 saturated carbocycles. The fraction of sp³-hybridized carbons (Fsp3) is 0.267. The van der Waals surface area contributed by atoms with Crippen LogP contribution in [0.15, 0.2) is 36.5 Å². The predicted octanol–water partition coefficient (Wildman–Crippen LogP) is 1.22. The Balaban J connectivity index is 1.98. The molecule has 0 radical (unpaired) electrons. The van der Waals surface area contributed by atoms with Gasteiger partial charge in [-0.1, -0.05) is 12.1 Å². The lowest BCUT2D eigenvalue weighted by atomic mass is 10.3. The highest BCUT2D eigenvalue weighted by molar-refractivity contribution is 5.92. The van der Waals surface area contributed by atoms with E-state index < -0.39 is 11.7 Å². The zero-order chi connectivity index (χ0) is 16.1. The van der Waals surface area contributed by atoms with Crippen molar-refractivity contribution in [3.05, 3.63) is 48.0 Å². The van der Waals surface area contributed by atoms with Gasteiger partial charge < -0.3 is 10.2 Å². The number of hydrogen-bond acceptors (Lipinski definition) is 3. The van der Waals surface area contributed by atoms with E-state index in [1.54, 1.807) is 32.3 Å². The maximum Gasteiger partial charge on any atom is 0.271 e. The molecule has 116 valence electrons. The third-order valence-corrected chi connectivity index (χ3v) is 3.04. The van der Waals surface area contributed by atoms with Crippen LogP contribution in [0.4, 0.5) is 4.39 Å². The molecule has 0 saturated heterocycles. The Labute approximate surface area is 127 Å². The Bertz CT molecular complexity index is 682. The molecule has 2 amide bonds. The molecular formula is C15H17FN4O2. The number of amides is 2. The first-order chi connectivity index (χ1) is 10.5. The molecule has 0 aliphatic heterocycles. The molecule has 0 fully saturated rings. The first kappa shape index (κ1) is 15.7. The van der Waals surface area contributed by atoms with Crippen molar-refractivity contribution >= 4 is 11.8 Å². The summed E-state index contributed by atoms with van der Waals surface area (Å²) < 4.78 is 15.0. The molecule has 0 bridgehead atoms. The number of benzene rings is 1. The molecule has 7 heteroatoms. The summed E-state index contributed by atoms with van der Waals surface area (Å²) in [5, 5.41) is 6.65. The second kappa shape index (κ2) is 6.84. The van der Waals surface area contributed by atoms with Gasteiger partial charge in [0, 0.05) is 33.3 Å². The van der Waals surface area contributed by atoms with E-state index in [-0.39, 0.29) is 30.3 Å². The van der Waals surface area contributed by atoms with E-state index in [1.807, 2.05) is 0 Å². The molecule has 0 aliphatic rings. The van der Waals surface area contributed by atoms with Crippen molar-refractivity contribution in [3.63, 3.8) is 0 Å². The van der Waals surface area contributed by atoms with Crippen LogP contribution in [0.5, 0.6) is 0 Å². The SMILES string of the molecule is CN(C)C(=O)CCNC(=O)c1ccn(-c2ccccc2F)n1. The zero-order valence-corrected chi connectivity index (χ0v) is 12.4. The van der Waals surface area contributed by atoms with Crippen LogP contribution in [0.3, 0.4) is 0 Å². The van der Waals surface area contributed by atoms with Crippen LogP contribution in [-0.4, -0.2) is 47.1 Å². The van der Waals surface area contributed by atoms with Gasteiger partial charge in [-0.25, -0.2) is 9.07 Å². The molecule has 0 aliphatic carbocycles. The van der Waals surface area contributed by atoms with Gasteiger partial charge in [0.1, 0.15) is 11.5 Å². The van der Waals surface area contributed by atoms with Crippen molar-refractivity contribution in [3.8, 4) is 5.69 Å². The molecule has 1 aromatic carbocycles. The maximum absolute atomic E-state index is 13.6. The molecule has 1 aromatic heterocycles. The molecule has 1 heterocycles. The van der Waals surface area contributed by atoms with E-state index in [9.17, 15) is 14.0 Å². The van der Waals surface area contributed by atoms with Crippen molar-refractivity contribution < 1.29 is 14.0 Å². The van der Waals surface area contributed by atoms with Crippen LogP contribution in [0, 0.1) is 5.82 Å². The third kappa shape index (κ3) is 3.69. The number of rotatable bonds is 5. The number of carbonyl (C=O) groups is 2. The van der Waals surface area contributed by atoms with E-state index >= 15 is 0 Å². The molecule has 2 aromatic rings. The van der Waals surface area contributed by atoms with Gasteiger partial charge in [-0.15, -0.1) is 0 Å². The lowest BCUT2D eigenvalue weighted by Gasteiger charge is -2.09. The molecule has 0 unspecified atom stereocenters. The van der Waals surface area contributed by atoms with Crippen LogP contribution in [0.2, 0.25) is 0 Å². The van der Waals surface area contributed by atoms with Gasteiger partial charge in [0.2, 0.25) is 5.91 Å². The molecule has 0 spiro atoms. The van der Waals surface area contributed by atoms with Gasteiger partial charge in [0.05, 0.1) is 0 Å². The number of carbonyl (C=O) groups excluding carboxylic acids is 2. The normalized spacial score (nSPS) is 10.3. The summed E-state index contributed by atoms with van der Waals surface area (Å²) >= 11 is 0. The van der Waals surface area contributed by atoms with Gasteiger partial charge in [0.25, 0.3) is 5.91 Å². The molecule has 2 rings (SSSR count). The topological polar surface area (TPSA) is 67.2 Å². The lowest BCUT2D eigenvalue weighted by Crippen LogP contribution is -2.30. The zero-order valence-electron chi connectivity index (χ0n) is 12.4. The standard InChI is InChI=1S/C15H17FN4O2/c1-19(2)14(21)7-9-17-15(22)12-8-10-20(18-12)13-6-4-3-5-11(13)16/h3-6,8,10H,7,9H2,1-2H3,(H,17,22). The monoisotopic (exact) mass is 304 g/mol. The van der Waals surface area contributed by atoms with Crippen LogP contribution < -0.4 is 5.32 Å². The minimum atomic E-state index is -0.422.